The number of carboxylic acids is 1. The molecule has 0 fully saturated rings. The summed E-state index contributed by atoms with van der Waals surface area (Å²) in [6.45, 7) is 11.2. The molecular formula is C72H110N20O12. The number of nitrogens with one attached hydrogen (secondary N) is 11. The first-order valence-electron chi connectivity index (χ1n) is 35.6. The lowest BCUT2D eigenvalue weighted by atomic mass is 9.95. The largest absolute Gasteiger partial charge is 0.508 e. The number of hydrogen-bond acceptors (Lipinski definition) is 16. The highest BCUT2D eigenvalue weighted by Gasteiger charge is 2.38. The fourth-order valence-electron chi connectivity index (χ4n) is 11.8. The number of phenols is 1. The predicted molar refractivity (Wildman–Crippen MR) is 398 cm³/mol. The molecule has 9 amide bonds. The lowest BCUT2D eigenvalue weighted by Crippen LogP contribution is -2.62. The molecule has 11 atom stereocenters. The minimum absolute atomic E-state index is 0.00317. The van der Waals surface area contributed by atoms with Crippen molar-refractivity contribution >= 4 is 92.9 Å². The summed E-state index contributed by atoms with van der Waals surface area (Å²) in [5.74, 6) is -10.2. The van der Waals surface area contributed by atoms with Gasteiger partial charge >= 0.3 is 5.97 Å². The maximum Gasteiger partial charge on any atom is 0.326 e. The number of unbranched alkanes of at least 4 members (excludes halogenated alkanes) is 2. The Labute approximate surface area is 606 Å². The highest BCUT2D eigenvalue weighted by atomic mass is 16.4. The molecule has 0 aliphatic rings. The van der Waals surface area contributed by atoms with Crippen LogP contribution in [-0.2, 0) is 67.2 Å². The summed E-state index contributed by atoms with van der Waals surface area (Å²) < 4.78 is 0. The van der Waals surface area contributed by atoms with Gasteiger partial charge in [0, 0.05) is 60.1 Å². The van der Waals surface area contributed by atoms with Crippen molar-refractivity contribution in [3.05, 3.63) is 102 Å². The number of aliphatic imine (C=N–C) groups is 2. The number of aliphatic carboxylic acids is 1. The van der Waals surface area contributed by atoms with E-state index in [4.69, 9.17) is 40.1 Å². The molecule has 0 aliphatic carbocycles. The van der Waals surface area contributed by atoms with Gasteiger partial charge in [-0.05, 0) is 149 Å². The number of para-hydroxylation sites is 2. The number of benzene rings is 3. The van der Waals surface area contributed by atoms with E-state index < -0.39 is 131 Å². The number of aromatic hydroxyl groups is 1. The Morgan fingerprint density at radius 3 is 1.31 bits per heavy atom. The van der Waals surface area contributed by atoms with E-state index in [1.807, 2.05) is 62.4 Å². The van der Waals surface area contributed by atoms with E-state index in [9.17, 15) is 43.8 Å². The summed E-state index contributed by atoms with van der Waals surface area (Å²) in [7, 11) is 0. The second-order valence-electron chi connectivity index (χ2n) is 27.1. The molecule has 0 radical (unpaired) electrons. The van der Waals surface area contributed by atoms with Gasteiger partial charge in [-0.3, -0.25) is 53.1 Å². The Bertz CT molecular complexity index is 3700. The van der Waals surface area contributed by atoms with Crippen LogP contribution in [0.4, 0.5) is 0 Å². The molecule has 0 aliphatic heterocycles. The second-order valence-corrected chi connectivity index (χ2v) is 27.1. The molecule has 27 N–H and O–H groups in total. The second kappa shape index (κ2) is 42.9. The summed E-state index contributed by atoms with van der Waals surface area (Å²) >= 11 is 0. The number of phenolic OH excluding ortho intramolecular Hbond substituents is 1. The van der Waals surface area contributed by atoms with Crippen molar-refractivity contribution in [2.45, 2.75) is 198 Å². The number of fused-ring (bicyclic) bond motifs is 2. The Morgan fingerprint density at radius 1 is 0.452 bits per heavy atom. The minimum Gasteiger partial charge on any atom is -0.508 e. The third-order valence-electron chi connectivity index (χ3n) is 17.9. The number of hydrogen-bond donors (Lipinski definition) is 20. The molecule has 3 aromatic carbocycles. The van der Waals surface area contributed by atoms with E-state index in [2.05, 4.69) is 67.8 Å². The molecule has 0 bridgehead atoms. The van der Waals surface area contributed by atoms with Crippen molar-refractivity contribution in [1.29, 1.82) is 0 Å². The average molecular weight is 1450 g/mol. The fraction of sp³-hybridized carbons (Fsp3) is 0.528. The maximum absolute atomic E-state index is 15.2. The Morgan fingerprint density at radius 2 is 0.846 bits per heavy atom. The van der Waals surface area contributed by atoms with Crippen LogP contribution in [0.2, 0.25) is 0 Å². The number of carboxylic acid groups (broad SMARTS) is 1. The molecule has 5 rings (SSSR count). The zero-order valence-corrected chi connectivity index (χ0v) is 60.4. The van der Waals surface area contributed by atoms with Gasteiger partial charge in [-0.25, -0.2) is 4.79 Å². The predicted octanol–water partition coefficient (Wildman–Crippen LogP) is 0.271. The molecule has 32 heteroatoms. The van der Waals surface area contributed by atoms with E-state index >= 15 is 14.4 Å². The van der Waals surface area contributed by atoms with E-state index in [1.54, 1.807) is 40.1 Å². The molecular weight excluding hydrogens is 1340 g/mol. The van der Waals surface area contributed by atoms with Gasteiger partial charge in [0.1, 0.15) is 60.1 Å². The average Bonchev–Trinajstić information content (AvgIpc) is 1.61. The number of H-pyrrole nitrogens is 2. The summed E-state index contributed by atoms with van der Waals surface area (Å²) in [5, 5.41) is 46.8. The Kier molecular flexibility index (Phi) is 34.8. The van der Waals surface area contributed by atoms with Crippen molar-refractivity contribution in [3.8, 4) is 5.75 Å². The zero-order valence-electron chi connectivity index (χ0n) is 60.4. The molecule has 0 spiro atoms. The van der Waals surface area contributed by atoms with Crippen molar-refractivity contribution in [2.75, 3.05) is 26.2 Å². The van der Waals surface area contributed by atoms with Crippen LogP contribution in [0.15, 0.2) is 95.2 Å². The van der Waals surface area contributed by atoms with Gasteiger partial charge in [0.2, 0.25) is 53.2 Å². The third kappa shape index (κ3) is 27.5. The summed E-state index contributed by atoms with van der Waals surface area (Å²) in [4.78, 5) is 158. The zero-order chi connectivity index (χ0) is 76.6. The quantitative estimate of drug-likeness (QED) is 0.0141. The summed E-state index contributed by atoms with van der Waals surface area (Å²) in [6.07, 6.45) is 5.44. The Hall–Kier alpha value is -10.3. The third-order valence-corrected chi connectivity index (χ3v) is 17.9. The molecule has 0 saturated heterocycles. The highest BCUT2D eigenvalue weighted by molar-refractivity contribution is 5.99. The lowest BCUT2D eigenvalue weighted by Gasteiger charge is -2.30. The van der Waals surface area contributed by atoms with E-state index in [-0.39, 0.29) is 114 Å². The monoisotopic (exact) mass is 1450 g/mol. The molecule has 0 saturated carbocycles. The lowest BCUT2D eigenvalue weighted by molar-refractivity contribution is -0.142. The van der Waals surface area contributed by atoms with Crippen LogP contribution in [-0.4, -0.2) is 178 Å². The van der Waals surface area contributed by atoms with Crippen LogP contribution in [0.1, 0.15) is 135 Å². The molecule has 104 heavy (non-hydrogen) atoms. The number of carbonyl (C=O) groups excluding carboxylic acids is 9. The molecule has 2 heterocycles. The van der Waals surface area contributed by atoms with Crippen LogP contribution in [0.25, 0.3) is 21.8 Å². The van der Waals surface area contributed by atoms with Gasteiger partial charge in [0.15, 0.2) is 11.9 Å². The standard InChI is InChI=1S/C72H110N20O12/c1-7-42(6)60(92-67(100)58(37-45-39-83-51-21-11-9-19-48(45)51)90-68(101)59(41(4)5)91-66(99)56(34-40(2)3)88-61(94)49(75)36-44-38-82-50-20-10-8-18-47(44)50)69(102)89-57(35-43-26-28-46(93)29-27-43)65(98)86-54(24-16-32-80-71(76)77)63(96)84-52(22-12-14-30-73)62(95)85-53(23-13-15-31-74)64(97)87-55(70(103)104)25-17-33-81-72(78)79/h8-11,18-21,26-29,38-42,49,52-60,82-83,93H,7,12-17,22-25,30-37,73-75H2,1-6H3,(H,84,96)(H,85,95)(H,86,98)(H,87,97)(H,88,94)(H,89,102)(H,90,101)(H,91,99)(H,92,100)(H,103,104)(H4,76,77,80)(H4,78,79,81)/t42-,49-,52-,53-,54-,55-,56-,57-,58-,59-,60-/m0/s1. The van der Waals surface area contributed by atoms with Crippen molar-refractivity contribution < 1.29 is 58.2 Å². The number of rotatable bonds is 46. The van der Waals surface area contributed by atoms with Crippen LogP contribution in [0.3, 0.4) is 0 Å². The van der Waals surface area contributed by atoms with Crippen LogP contribution in [0, 0.1) is 17.8 Å². The van der Waals surface area contributed by atoms with Crippen LogP contribution in [0.5, 0.6) is 5.75 Å². The van der Waals surface area contributed by atoms with Gasteiger partial charge in [0.05, 0.1) is 6.04 Å². The van der Waals surface area contributed by atoms with Crippen molar-refractivity contribution in [2.24, 2.45) is 67.9 Å². The number of nitrogens with zero attached hydrogens (tertiary/aromatic N) is 2. The van der Waals surface area contributed by atoms with Gasteiger partial charge in [-0.15, -0.1) is 0 Å². The Balaban J connectivity index is 1.44. The maximum atomic E-state index is 15.2. The van der Waals surface area contributed by atoms with Crippen molar-refractivity contribution in [3.63, 3.8) is 0 Å². The summed E-state index contributed by atoms with van der Waals surface area (Å²) in [6, 6.07) is 7.47. The molecule has 5 aromatic rings. The van der Waals surface area contributed by atoms with Crippen molar-refractivity contribution in [1.82, 2.24) is 57.8 Å². The van der Waals surface area contributed by atoms with E-state index in [0.717, 1.165) is 27.4 Å². The molecule has 570 valence electrons. The number of amides is 9. The smallest absolute Gasteiger partial charge is 0.326 e. The fourth-order valence-corrected chi connectivity index (χ4v) is 11.8. The van der Waals surface area contributed by atoms with Gasteiger partial charge in [-0.2, -0.15) is 0 Å². The van der Waals surface area contributed by atoms with Gasteiger partial charge in [0.25, 0.3) is 0 Å². The van der Waals surface area contributed by atoms with Gasteiger partial charge in [-0.1, -0.05) is 96.5 Å². The number of aromatic amines is 2. The molecule has 2 aromatic heterocycles. The normalized spacial score (nSPS) is 14.5. The first kappa shape index (κ1) is 84.3. The topological polar surface area (TPSA) is 558 Å². The minimum atomic E-state index is -1.52. The van der Waals surface area contributed by atoms with Crippen LogP contribution >= 0.6 is 0 Å². The molecule has 32 nitrogen and oxygen atoms in total. The molecule has 0 unspecified atom stereocenters. The van der Waals surface area contributed by atoms with E-state index in [1.165, 1.54) is 24.3 Å². The highest BCUT2D eigenvalue weighted by Crippen LogP contribution is 2.23. The SMILES string of the molecule is CC[C@H](C)[C@H](NC(=O)[C@H](Cc1c[nH]c2ccccc12)NC(=O)[C@@H](NC(=O)[C@H](CC(C)C)NC(=O)[C@@H](N)Cc1c[nH]c2ccccc12)C(C)C)C(=O)N[C@@H](Cc1ccc(O)cc1)C(=O)N[C@@H](CCCN=C(N)N)C(=O)N[C@@H](CCCCN)C(=O)N[C@@H](CCCCN)C(=O)N[C@@H](CCCN=C(N)N)C(=O)O. The van der Waals surface area contributed by atoms with Crippen LogP contribution < -0.4 is 88.0 Å². The van der Waals surface area contributed by atoms with Gasteiger partial charge < -0.3 is 108 Å². The van der Waals surface area contributed by atoms with E-state index in [0.29, 0.717) is 43.2 Å². The number of nitrogens with two attached hydrogens (primary N) is 7. The first-order chi connectivity index (χ1) is 49.5. The first-order valence-corrected chi connectivity index (χ1v) is 35.6. The summed E-state index contributed by atoms with van der Waals surface area (Å²) in [5.41, 5.74) is 43.7. The number of guanidine groups is 2. The number of carbonyl (C=O) groups is 10. The number of aromatic nitrogens is 2.